The Bertz CT molecular complexity index is 297. The summed E-state index contributed by atoms with van der Waals surface area (Å²) in [6, 6.07) is 24.4. The van der Waals surface area contributed by atoms with Gasteiger partial charge >= 0.3 is 0 Å². The van der Waals surface area contributed by atoms with Gasteiger partial charge in [0, 0.05) is 0 Å². The van der Waals surface area contributed by atoms with Gasteiger partial charge in [0.15, 0.2) is 0 Å². The Morgan fingerprint density at radius 2 is 1.25 bits per heavy atom. The van der Waals surface area contributed by atoms with Crippen LogP contribution >= 0.6 is 0 Å². The minimum Gasteiger partial charge on any atom is -0.0531 e. The molecule has 0 aliphatic rings. The number of rotatable bonds is 1. The van der Waals surface area contributed by atoms with Crippen LogP contribution in [-0.2, 0) is 0 Å². The van der Waals surface area contributed by atoms with Gasteiger partial charge in [0.1, 0.15) is 0 Å². The van der Waals surface area contributed by atoms with Crippen LogP contribution < -0.4 is 0 Å². The number of hydrogen-bond donors (Lipinski definition) is 0. The van der Waals surface area contributed by atoms with Gasteiger partial charge in [-0.15, -0.1) is 0 Å². The van der Waals surface area contributed by atoms with Gasteiger partial charge in [0.25, 0.3) is 0 Å². The Hall–Kier alpha value is -1.56. The van der Waals surface area contributed by atoms with Crippen LogP contribution in [0.1, 0.15) is 0 Å². The molecular formula is C12H4. The second-order valence-corrected chi connectivity index (χ2v) is 2.28. The summed E-state index contributed by atoms with van der Waals surface area (Å²) in [4.78, 5) is 0. The smallest absolute Gasteiger partial charge is 0.000717 e. The van der Waals surface area contributed by atoms with Crippen molar-refractivity contribution in [2.45, 2.75) is 0 Å². The van der Waals surface area contributed by atoms with Crippen molar-refractivity contribution in [2.75, 3.05) is 0 Å². The Morgan fingerprint density at radius 3 is 1.58 bits per heavy atom. The Labute approximate surface area is 72.5 Å². The normalized spacial score (nSPS) is 9.67. The van der Waals surface area contributed by atoms with E-state index in [4.69, 9.17) is 0 Å². The number of benzene rings is 2. The molecule has 0 aliphatic carbocycles. The summed E-state index contributed by atoms with van der Waals surface area (Å²) in [6.07, 6.45) is 0. The second kappa shape index (κ2) is 3.22. The molecular weight excluding hydrogens is 144 g/mol. The first-order chi connectivity index (χ1) is 5.97. The van der Waals surface area contributed by atoms with Crippen molar-refractivity contribution in [3.05, 3.63) is 60.7 Å². The van der Waals surface area contributed by atoms with Crippen molar-refractivity contribution in [3.8, 4) is 11.1 Å². The monoisotopic (exact) mass is 148 g/mol. The van der Waals surface area contributed by atoms with Crippen LogP contribution in [0.4, 0.5) is 0 Å². The molecule has 0 saturated carbocycles. The van der Waals surface area contributed by atoms with E-state index in [2.05, 4.69) is 36.4 Å². The van der Waals surface area contributed by atoms with Gasteiger partial charge < -0.3 is 0 Å². The van der Waals surface area contributed by atoms with Crippen LogP contribution in [0.15, 0.2) is 24.3 Å². The van der Waals surface area contributed by atoms with Gasteiger partial charge in [0.2, 0.25) is 0 Å². The molecule has 0 amide bonds. The van der Waals surface area contributed by atoms with Crippen molar-refractivity contribution in [1.82, 2.24) is 0 Å². The fraction of sp³-hybridized carbons (Fsp3) is 0. The fourth-order valence-electron chi connectivity index (χ4n) is 0.938. The van der Waals surface area contributed by atoms with Crippen LogP contribution in [0.5, 0.6) is 0 Å². The predicted octanol–water partition coefficient (Wildman–Crippen LogP) is 2.15. The maximum absolute atomic E-state index is 2.94. The molecule has 12 heavy (non-hydrogen) atoms. The number of hydrogen-bond acceptors (Lipinski definition) is 0. The standard InChI is InChI=1S/C12H4/c1-3-7-11(8-4-1)12-9-5-2-6-10-12/h3,5,7,9H. The van der Waals surface area contributed by atoms with E-state index in [1.807, 2.05) is 12.1 Å². The van der Waals surface area contributed by atoms with E-state index in [0.717, 1.165) is 11.1 Å². The zero-order valence-corrected chi connectivity index (χ0v) is 6.31. The van der Waals surface area contributed by atoms with Crippen LogP contribution in [0, 0.1) is 36.4 Å². The van der Waals surface area contributed by atoms with E-state index in [0.29, 0.717) is 0 Å². The third-order valence-electron chi connectivity index (χ3n) is 1.50. The lowest BCUT2D eigenvalue weighted by molar-refractivity contribution is 1.57. The molecule has 0 aliphatic heterocycles. The van der Waals surface area contributed by atoms with Crippen molar-refractivity contribution in [1.29, 1.82) is 0 Å². The van der Waals surface area contributed by atoms with E-state index in [1.54, 1.807) is 12.1 Å². The maximum atomic E-state index is 2.94. The lowest BCUT2D eigenvalue weighted by Crippen LogP contribution is -1.76. The average Bonchev–Trinajstić information content (AvgIpc) is 2.21. The Balaban J connectivity index is 2.46. The Kier molecular flexibility index (Phi) is 1.91. The van der Waals surface area contributed by atoms with Crippen LogP contribution in [0.2, 0.25) is 0 Å². The van der Waals surface area contributed by atoms with E-state index < -0.39 is 0 Å². The first kappa shape index (κ1) is 7.11. The molecule has 2 rings (SSSR count). The highest BCUT2D eigenvalue weighted by Crippen LogP contribution is 2.15. The Morgan fingerprint density at radius 1 is 0.750 bits per heavy atom. The highest BCUT2D eigenvalue weighted by molar-refractivity contribution is 5.60. The van der Waals surface area contributed by atoms with Crippen molar-refractivity contribution in [2.24, 2.45) is 0 Å². The first-order valence-corrected chi connectivity index (χ1v) is 3.57. The predicted molar refractivity (Wildman–Crippen MR) is 44.9 cm³/mol. The quantitative estimate of drug-likeness (QED) is 0.581. The zero-order chi connectivity index (χ0) is 8.23. The molecule has 0 spiro atoms. The molecule has 0 saturated heterocycles. The van der Waals surface area contributed by atoms with Gasteiger partial charge in [-0.3, -0.25) is 0 Å². The molecule has 52 valence electrons. The fourth-order valence-corrected chi connectivity index (χ4v) is 0.938. The highest BCUT2D eigenvalue weighted by atomic mass is 14.0. The van der Waals surface area contributed by atoms with Gasteiger partial charge in [-0.05, 0) is 47.5 Å². The molecule has 0 unspecified atom stereocenters. The summed E-state index contributed by atoms with van der Waals surface area (Å²) in [5.41, 5.74) is 1.91. The third kappa shape index (κ3) is 1.37. The van der Waals surface area contributed by atoms with Crippen LogP contribution in [0.25, 0.3) is 11.1 Å². The average molecular weight is 148 g/mol. The largest absolute Gasteiger partial charge is 0.0531 e. The molecule has 0 heteroatoms. The maximum Gasteiger partial charge on any atom is -0.000717 e. The van der Waals surface area contributed by atoms with Crippen molar-refractivity contribution >= 4 is 0 Å². The first-order valence-electron chi connectivity index (χ1n) is 3.57. The molecule has 0 aromatic heterocycles. The zero-order valence-electron chi connectivity index (χ0n) is 6.31. The molecule has 0 bridgehead atoms. The molecule has 2 aromatic rings. The lowest BCUT2D eigenvalue weighted by atomic mass is 10.1. The molecule has 0 nitrogen and oxygen atoms in total. The molecule has 0 fully saturated rings. The van der Waals surface area contributed by atoms with E-state index >= 15 is 0 Å². The van der Waals surface area contributed by atoms with E-state index in [9.17, 15) is 0 Å². The second-order valence-electron chi connectivity index (χ2n) is 2.28. The molecule has 0 heterocycles. The summed E-state index contributed by atoms with van der Waals surface area (Å²) in [5.74, 6) is 0. The SMILES string of the molecule is [c]1[c]ccc(-c2[c][c][c]cc2)[c]1. The third-order valence-corrected chi connectivity index (χ3v) is 1.50. The minimum atomic E-state index is 0.957. The van der Waals surface area contributed by atoms with Crippen LogP contribution in [0.3, 0.4) is 0 Å². The summed E-state index contributed by atoms with van der Waals surface area (Å²) in [7, 11) is 0. The van der Waals surface area contributed by atoms with E-state index in [-0.39, 0.29) is 0 Å². The van der Waals surface area contributed by atoms with Gasteiger partial charge in [-0.25, -0.2) is 0 Å². The van der Waals surface area contributed by atoms with Gasteiger partial charge in [-0.1, -0.05) is 24.3 Å². The molecule has 2 aromatic carbocycles. The van der Waals surface area contributed by atoms with Crippen molar-refractivity contribution < 1.29 is 0 Å². The minimum absolute atomic E-state index is 0.957. The lowest BCUT2D eigenvalue weighted by Gasteiger charge is -1.96. The topological polar surface area (TPSA) is 0 Å². The van der Waals surface area contributed by atoms with Gasteiger partial charge in [-0.2, -0.15) is 0 Å². The van der Waals surface area contributed by atoms with Crippen molar-refractivity contribution in [3.63, 3.8) is 0 Å². The summed E-state index contributed by atoms with van der Waals surface area (Å²) in [6.45, 7) is 0. The molecule has 0 atom stereocenters. The van der Waals surface area contributed by atoms with E-state index in [1.165, 1.54) is 0 Å². The summed E-state index contributed by atoms with van der Waals surface area (Å²) >= 11 is 0. The van der Waals surface area contributed by atoms with Crippen LogP contribution in [-0.4, -0.2) is 0 Å². The summed E-state index contributed by atoms with van der Waals surface area (Å²) in [5, 5.41) is 0. The molecule has 0 N–H and O–H groups in total. The molecule has 6 radical (unpaired) electrons. The summed E-state index contributed by atoms with van der Waals surface area (Å²) < 4.78 is 0. The highest BCUT2D eigenvalue weighted by Gasteiger charge is 1.93. The van der Waals surface area contributed by atoms with Gasteiger partial charge in [0.05, 0.1) is 0 Å².